The number of aliphatic hydroxyl groups is 1. The van der Waals surface area contributed by atoms with E-state index in [2.05, 4.69) is 22.5 Å². The van der Waals surface area contributed by atoms with Crippen molar-refractivity contribution in [3.8, 4) is 17.2 Å². The summed E-state index contributed by atoms with van der Waals surface area (Å²) in [6.07, 6.45) is 4.12. The number of carbonyl (C=O) groups is 1. The van der Waals surface area contributed by atoms with Crippen LogP contribution < -0.4 is 14.8 Å². The number of aliphatic hydroxyl groups excluding tert-OH is 1. The Morgan fingerprint density at radius 2 is 2.06 bits per heavy atom. The lowest BCUT2D eigenvalue weighted by atomic mass is 9.95. The van der Waals surface area contributed by atoms with Crippen molar-refractivity contribution < 1.29 is 24.1 Å². The zero-order valence-corrected chi connectivity index (χ0v) is 17.8. The number of benzene rings is 2. The van der Waals surface area contributed by atoms with E-state index < -0.39 is 6.10 Å². The van der Waals surface area contributed by atoms with Crippen molar-refractivity contribution in [2.45, 2.75) is 31.9 Å². The predicted octanol–water partition coefficient (Wildman–Crippen LogP) is 2.38. The molecule has 0 radical (unpaired) electrons. The molecule has 3 aromatic rings. The van der Waals surface area contributed by atoms with Crippen LogP contribution in [0.25, 0.3) is 5.69 Å². The highest BCUT2D eigenvalue weighted by Crippen LogP contribution is 2.41. The molecule has 1 aromatic heterocycles. The fourth-order valence-electron chi connectivity index (χ4n) is 4.15. The number of nitrogens with zero attached hydrogens (tertiary/aromatic N) is 2. The largest absolute Gasteiger partial charge is 0.453 e. The lowest BCUT2D eigenvalue weighted by molar-refractivity contribution is -0.0261. The van der Waals surface area contributed by atoms with Gasteiger partial charge in [-0.3, -0.25) is 4.79 Å². The van der Waals surface area contributed by atoms with Crippen molar-refractivity contribution >= 4 is 5.91 Å². The Balaban J connectivity index is 1.41. The zero-order valence-electron chi connectivity index (χ0n) is 17.8. The van der Waals surface area contributed by atoms with Crippen LogP contribution in [0.3, 0.4) is 0 Å². The first kappa shape index (κ1) is 20.5. The molecule has 3 heterocycles. The fraction of sp³-hybridized carbons (Fsp3) is 0.333. The van der Waals surface area contributed by atoms with Gasteiger partial charge in [0.25, 0.3) is 5.91 Å². The van der Waals surface area contributed by atoms with Gasteiger partial charge in [0.2, 0.25) is 6.79 Å². The van der Waals surface area contributed by atoms with E-state index in [-0.39, 0.29) is 25.3 Å². The van der Waals surface area contributed by atoms with E-state index in [4.69, 9.17) is 14.2 Å². The third-order valence-corrected chi connectivity index (χ3v) is 5.99. The molecule has 1 saturated heterocycles. The lowest BCUT2D eigenvalue weighted by Gasteiger charge is -2.28. The maximum absolute atomic E-state index is 13.1. The smallest absolute Gasteiger partial charge is 0.255 e. The summed E-state index contributed by atoms with van der Waals surface area (Å²) in [5, 5.41) is 17.3. The van der Waals surface area contributed by atoms with Gasteiger partial charge >= 0.3 is 0 Å². The van der Waals surface area contributed by atoms with Crippen molar-refractivity contribution in [3.05, 3.63) is 71.0 Å². The molecular weight excluding hydrogens is 410 g/mol. The normalized spacial score (nSPS) is 19.7. The minimum atomic E-state index is -0.726. The van der Waals surface area contributed by atoms with Crippen LogP contribution in [-0.2, 0) is 11.2 Å². The molecule has 8 nitrogen and oxygen atoms in total. The summed E-state index contributed by atoms with van der Waals surface area (Å²) in [4.78, 5) is 13.1. The molecule has 1 amide bonds. The van der Waals surface area contributed by atoms with Crippen molar-refractivity contribution in [1.29, 1.82) is 0 Å². The van der Waals surface area contributed by atoms with Crippen LogP contribution in [0.15, 0.2) is 48.8 Å². The van der Waals surface area contributed by atoms with Crippen molar-refractivity contribution in [2.24, 2.45) is 0 Å². The number of ether oxygens (including phenoxy) is 3. The Bertz CT molecular complexity index is 1110. The lowest BCUT2D eigenvalue weighted by Crippen LogP contribution is -2.48. The van der Waals surface area contributed by atoms with Gasteiger partial charge in [-0.15, -0.1) is 0 Å². The second-order valence-corrected chi connectivity index (χ2v) is 8.08. The minimum Gasteiger partial charge on any atom is -0.453 e. The summed E-state index contributed by atoms with van der Waals surface area (Å²) in [5.41, 5.74) is 4.45. The zero-order chi connectivity index (χ0) is 22.1. The number of carbonyl (C=O) groups excluding carboxylic acids is 1. The van der Waals surface area contributed by atoms with Crippen molar-refractivity contribution in [2.75, 3.05) is 20.0 Å². The molecule has 2 N–H and O–H groups in total. The molecule has 1 fully saturated rings. The topological polar surface area (TPSA) is 94.8 Å². The van der Waals surface area contributed by atoms with Gasteiger partial charge in [-0.1, -0.05) is 12.1 Å². The standard InChI is InChI=1S/C24H25N3O5/c1-15-17(11-16-3-5-18(6-4-16)27-9-2-8-25-27)12-19(23-22(15)31-14-32-23)24(29)26-20-7-10-30-13-21(20)28/h2-6,8-9,12,20-21,28H,7,10-11,13-14H2,1H3,(H,26,29)/t20-,21-/m0/s1. The van der Waals surface area contributed by atoms with E-state index >= 15 is 0 Å². The number of rotatable bonds is 5. The van der Waals surface area contributed by atoms with Crippen molar-refractivity contribution in [1.82, 2.24) is 15.1 Å². The van der Waals surface area contributed by atoms with Crippen LogP contribution in [0, 0.1) is 6.92 Å². The molecule has 0 bridgehead atoms. The summed E-state index contributed by atoms with van der Waals surface area (Å²) in [5.74, 6) is 0.778. The van der Waals surface area contributed by atoms with E-state index in [9.17, 15) is 9.90 Å². The van der Waals surface area contributed by atoms with E-state index in [0.29, 0.717) is 36.5 Å². The predicted molar refractivity (Wildman–Crippen MR) is 116 cm³/mol. The van der Waals surface area contributed by atoms with Gasteiger partial charge in [0.1, 0.15) is 0 Å². The average Bonchev–Trinajstić information content (AvgIpc) is 3.50. The minimum absolute atomic E-state index is 0.0817. The van der Waals surface area contributed by atoms with Crippen LogP contribution in [0.4, 0.5) is 0 Å². The van der Waals surface area contributed by atoms with Gasteiger partial charge in [0.05, 0.1) is 30.0 Å². The monoisotopic (exact) mass is 435 g/mol. The summed E-state index contributed by atoms with van der Waals surface area (Å²) >= 11 is 0. The fourth-order valence-corrected chi connectivity index (χ4v) is 4.15. The molecule has 8 heteroatoms. The van der Waals surface area contributed by atoms with Gasteiger partial charge in [-0.2, -0.15) is 5.10 Å². The molecule has 0 spiro atoms. The molecule has 2 atom stereocenters. The Morgan fingerprint density at radius 3 is 2.81 bits per heavy atom. The highest BCUT2D eigenvalue weighted by Gasteiger charge is 2.30. The molecule has 5 rings (SSSR count). The number of aromatic nitrogens is 2. The van der Waals surface area contributed by atoms with Gasteiger partial charge in [0.15, 0.2) is 11.5 Å². The number of hydrogen-bond acceptors (Lipinski definition) is 6. The quantitative estimate of drug-likeness (QED) is 0.639. The van der Waals surface area contributed by atoms with Crippen LogP contribution in [0.1, 0.15) is 33.5 Å². The summed E-state index contributed by atoms with van der Waals surface area (Å²) in [7, 11) is 0. The van der Waals surface area contributed by atoms with Crippen LogP contribution >= 0.6 is 0 Å². The van der Waals surface area contributed by atoms with E-state index in [0.717, 1.165) is 22.4 Å². The van der Waals surface area contributed by atoms with Crippen LogP contribution in [0.2, 0.25) is 0 Å². The van der Waals surface area contributed by atoms with E-state index in [1.54, 1.807) is 6.20 Å². The molecule has 0 unspecified atom stereocenters. The summed E-state index contributed by atoms with van der Waals surface area (Å²) in [6, 6.07) is 11.5. The SMILES string of the molecule is Cc1c(Cc2ccc(-n3cccn3)cc2)cc(C(=O)N[C@H]2CCOC[C@@H]2O)c2c1OCO2. The first-order valence-corrected chi connectivity index (χ1v) is 10.7. The first-order chi connectivity index (χ1) is 15.6. The number of hydrogen-bond donors (Lipinski definition) is 2. The highest BCUT2D eigenvalue weighted by atomic mass is 16.7. The maximum atomic E-state index is 13.1. The number of amides is 1. The molecule has 0 saturated carbocycles. The second-order valence-electron chi connectivity index (χ2n) is 8.08. The molecule has 0 aliphatic carbocycles. The Morgan fingerprint density at radius 1 is 1.25 bits per heavy atom. The Kier molecular flexibility index (Phi) is 5.55. The molecule has 166 valence electrons. The third kappa shape index (κ3) is 3.94. The summed E-state index contributed by atoms with van der Waals surface area (Å²) in [6.45, 7) is 2.78. The van der Waals surface area contributed by atoms with E-state index in [1.165, 1.54) is 0 Å². The summed E-state index contributed by atoms with van der Waals surface area (Å²) < 4.78 is 18.4. The third-order valence-electron chi connectivity index (χ3n) is 5.99. The van der Waals surface area contributed by atoms with Gasteiger partial charge in [-0.05, 0) is 60.7 Å². The molecule has 2 aliphatic rings. The van der Waals surface area contributed by atoms with Gasteiger partial charge < -0.3 is 24.6 Å². The highest BCUT2D eigenvalue weighted by molar-refractivity contribution is 5.98. The maximum Gasteiger partial charge on any atom is 0.255 e. The Hall–Kier alpha value is -3.36. The van der Waals surface area contributed by atoms with Crippen LogP contribution in [-0.4, -0.2) is 52.9 Å². The van der Waals surface area contributed by atoms with Gasteiger partial charge in [-0.25, -0.2) is 4.68 Å². The van der Waals surface area contributed by atoms with Crippen molar-refractivity contribution in [3.63, 3.8) is 0 Å². The molecular formula is C24H25N3O5. The van der Waals surface area contributed by atoms with E-state index in [1.807, 2.05) is 42.1 Å². The second kappa shape index (κ2) is 8.64. The van der Waals surface area contributed by atoms with Crippen LogP contribution in [0.5, 0.6) is 11.5 Å². The molecule has 32 heavy (non-hydrogen) atoms. The number of nitrogens with one attached hydrogen (secondary N) is 1. The first-order valence-electron chi connectivity index (χ1n) is 10.7. The average molecular weight is 435 g/mol. The molecule has 2 aliphatic heterocycles. The van der Waals surface area contributed by atoms with Gasteiger partial charge in [0, 0.05) is 19.0 Å². The Labute approximate surface area is 185 Å². The number of fused-ring (bicyclic) bond motifs is 1. The molecule has 2 aromatic carbocycles.